The van der Waals surface area contributed by atoms with Gasteiger partial charge < -0.3 is 14.4 Å². The Bertz CT molecular complexity index is 1820. The lowest BCUT2D eigenvalue weighted by molar-refractivity contribution is 0.102. The van der Waals surface area contributed by atoms with Crippen molar-refractivity contribution in [1.82, 2.24) is 39.2 Å². The quantitative estimate of drug-likeness (QED) is 0.292. The molecule has 0 unspecified atom stereocenters. The highest BCUT2D eigenvalue weighted by Crippen LogP contribution is 2.35. The number of hydrogen-bond donors (Lipinski definition) is 1. The van der Waals surface area contributed by atoms with Gasteiger partial charge in [-0.1, -0.05) is 5.16 Å². The topological polar surface area (TPSA) is 119 Å². The van der Waals surface area contributed by atoms with E-state index in [0.717, 1.165) is 55.1 Å². The lowest BCUT2D eigenvalue weighted by Crippen LogP contribution is -2.34. The molecule has 0 aliphatic carbocycles. The first-order valence-electron chi connectivity index (χ1n) is 13.6. The normalized spacial score (nSPS) is 14.4. The van der Waals surface area contributed by atoms with Crippen molar-refractivity contribution in [3.63, 3.8) is 0 Å². The summed E-state index contributed by atoms with van der Waals surface area (Å²) in [5.41, 5.74) is 5.03. The molecule has 11 nitrogen and oxygen atoms in total. The summed E-state index contributed by atoms with van der Waals surface area (Å²) in [5, 5.41) is 11.7. The summed E-state index contributed by atoms with van der Waals surface area (Å²) in [6.45, 7) is 2.55. The van der Waals surface area contributed by atoms with Crippen molar-refractivity contribution in [3.05, 3.63) is 103 Å². The van der Waals surface area contributed by atoms with E-state index in [4.69, 9.17) is 14.6 Å². The molecule has 1 saturated heterocycles. The van der Waals surface area contributed by atoms with Gasteiger partial charge in [0.05, 0.1) is 29.6 Å². The van der Waals surface area contributed by atoms with Crippen molar-refractivity contribution >= 4 is 17.4 Å². The van der Waals surface area contributed by atoms with Gasteiger partial charge in [-0.3, -0.25) is 14.7 Å². The first-order chi connectivity index (χ1) is 20.6. The van der Waals surface area contributed by atoms with E-state index in [9.17, 15) is 9.18 Å². The highest BCUT2D eigenvalue weighted by atomic mass is 19.1. The van der Waals surface area contributed by atoms with Gasteiger partial charge in [0.25, 0.3) is 5.91 Å². The van der Waals surface area contributed by atoms with Crippen molar-refractivity contribution < 1.29 is 13.7 Å². The first kappa shape index (κ1) is 25.7. The Morgan fingerprint density at radius 3 is 2.60 bits per heavy atom. The smallest absolute Gasteiger partial charge is 0.256 e. The number of hydrogen-bond acceptors (Lipinski definition) is 8. The summed E-state index contributed by atoms with van der Waals surface area (Å²) in [6, 6.07) is 15.5. The number of rotatable bonds is 7. The predicted molar refractivity (Wildman–Crippen MR) is 152 cm³/mol. The molecule has 0 atom stereocenters. The molecule has 0 bridgehead atoms. The van der Waals surface area contributed by atoms with Gasteiger partial charge in [0, 0.05) is 55.3 Å². The highest BCUT2D eigenvalue weighted by Gasteiger charge is 2.26. The second kappa shape index (κ2) is 11.0. The van der Waals surface area contributed by atoms with Crippen LogP contribution in [0.5, 0.6) is 0 Å². The number of piperidine rings is 1. The molecule has 210 valence electrons. The molecule has 42 heavy (non-hydrogen) atoms. The summed E-state index contributed by atoms with van der Waals surface area (Å²) in [7, 11) is 0. The number of nitrogens with one attached hydrogen (secondary N) is 1. The molecule has 5 aromatic heterocycles. The minimum absolute atomic E-state index is 0.200. The van der Waals surface area contributed by atoms with Crippen molar-refractivity contribution in [1.29, 1.82) is 0 Å². The van der Waals surface area contributed by atoms with E-state index < -0.39 is 0 Å². The van der Waals surface area contributed by atoms with Crippen molar-refractivity contribution in [2.45, 2.75) is 25.4 Å². The van der Waals surface area contributed by atoms with Crippen molar-refractivity contribution in [2.75, 3.05) is 18.4 Å². The fraction of sp³-hybridized carbons (Fsp3) is 0.200. The minimum Gasteiger partial charge on any atom is -0.364 e. The SMILES string of the molecule is O=C(Nc1cn2nc(-c3c(-c4ccc(F)cc4)ncn3C3CCN(Cc4ccon4)CC3)ccc2n1)c1ccncc1. The molecule has 0 saturated carbocycles. The van der Waals surface area contributed by atoms with E-state index in [1.165, 1.54) is 12.1 Å². The molecule has 1 aliphatic rings. The average Bonchev–Trinajstić information content (AvgIpc) is 3.78. The van der Waals surface area contributed by atoms with Gasteiger partial charge in [0.1, 0.15) is 17.8 Å². The van der Waals surface area contributed by atoms with E-state index in [0.29, 0.717) is 22.7 Å². The van der Waals surface area contributed by atoms with Gasteiger partial charge in [0.2, 0.25) is 0 Å². The van der Waals surface area contributed by atoms with Crippen LogP contribution in [0.2, 0.25) is 0 Å². The van der Waals surface area contributed by atoms with E-state index >= 15 is 0 Å². The molecular weight excluding hydrogens is 537 g/mol. The van der Waals surface area contributed by atoms with Crippen LogP contribution in [0.1, 0.15) is 34.9 Å². The van der Waals surface area contributed by atoms with E-state index in [-0.39, 0.29) is 17.8 Å². The number of carbonyl (C=O) groups is 1. The molecule has 1 aromatic carbocycles. The summed E-state index contributed by atoms with van der Waals surface area (Å²) >= 11 is 0. The summed E-state index contributed by atoms with van der Waals surface area (Å²) < 4.78 is 22.6. The highest BCUT2D eigenvalue weighted by molar-refractivity contribution is 6.03. The van der Waals surface area contributed by atoms with Crippen LogP contribution in [0.15, 0.2) is 90.3 Å². The maximum atomic E-state index is 13.8. The van der Waals surface area contributed by atoms with Crippen LogP contribution >= 0.6 is 0 Å². The van der Waals surface area contributed by atoms with Crippen LogP contribution in [0, 0.1) is 5.82 Å². The Morgan fingerprint density at radius 2 is 1.83 bits per heavy atom. The van der Waals surface area contributed by atoms with Crippen LogP contribution in [0.4, 0.5) is 10.2 Å². The number of anilines is 1. The predicted octanol–water partition coefficient (Wildman–Crippen LogP) is 4.87. The molecular formula is C30H26FN9O2. The number of benzene rings is 1. The maximum Gasteiger partial charge on any atom is 0.256 e. The van der Waals surface area contributed by atoms with Crippen molar-refractivity contribution in [3.8, 4) is 22.6 Å². The van der Waals surface area contributed by atoms with Crippen LogP contribution in [0.3, 0.4) is 0 Å². The van der Waals surface area contributed by atoms with Crippen LogP contribution in [-0.2, 0) is 6.54 Å². The lowest BCUT2D eigenvalue weighted by Gasteiger charge is -2.32. The third-order valence-corrected chi connectivity index (χ3v) is 7.49. The number of aromatic nitrogens is 7. The molecule has 0 spiro atoms. The standard InChI is InChI=1S/C30H26FN9O2/c31-22-3-1-20(2-4-22)28-29(39(19-33-28)24-9-14-38(15-10-24)17-23-11-16-42-37-23)25-5-6-27-34-26(18-40(27)36-25)35-30(41)21-7-12-32-13-8-21/h1-8,11-13,16,18-19,24H,9-10,14-15,17H2,(H,35,41). The number of pyridine rings is 1. The molecule has 6 aromatic rings. The van der Waals surface area contributed by atoms with Gasteiger partial charge in [0.15, 0.2) is 11.5 Å². The number of halogens is 1. The number of carbonyl (C=O) groups excluding carboxylic acids is 1. The van der Waals surface area contributed by atoms with E-state index in [2.05, 4.69) is 29.9 Å². The van der Waals surface area contributed by atoms with Crippen LogP contribution < -0.4 is 5.32 Å². The molecule has 1 N–H and O–H groups in total. The second-order valence-corrected chi connectivity index (χ2v) is 10.2. The third kappa shape index (κ3) is 5.15. The van der Waals surface area contributed by atoms with Gasteiger partial charge in [-0.2, -0.15) is 5.10 Å². The molecule has 1 amide bonds. The zero-order valence-electron chi connectivity index (χ0n) is 22.5. The van der Waals surface area contributed by atoms with Crippen LogP contribution in [0.25, 0.3) is 28.3 Å². The zero-order valence-corrected chi connectivity index (χ0v) is 22.5. The molecule has 0 radical (unpaired) electrons. The Labute approximate surface area is 239 Å². The number of nitrogens with zero attached hydrogens (tertiary/aromatic N) is 8. The fourth-order valence-corrected chi connectivity index (χ4v) is 5.37. The first-order valence-corrected chi connectivity index (χ1v) is 13.6. The second-order valence-electron chi connectivity index (χ2n) is 10.2. The molecule has 12 heteroatoms. The van der Waals surface area contributed by atoms with Gasteiger partial charge in [-0.05, 0) is 61.4 Å². The summed E-state index contributed by atoms with van der Waals surface area (Å²) in [6.07, 6.45) is 10.1. The lowest BCUT2D eigenvalue weighted by atomic mass is 10.0. The minimum atomic E-state index is -0.307. The summed E-state index contributed by atoms with van der Waals surface area (Å²) in [4.78, 5) is 28.3. The molecule has 1 fully saturated rings. The van der Waals surface area contributed by atoms with E-state index in [1.807, 2.05) is 24.5 Å². The van der Waals surface area contributed by atoms with Crippen LogP contribution in [-0.4, -0.2) is 58.2 Å². The Kier molecular flexibility index (Phi) is 6.72. The maximum absolute atomic E-state index is 13.8. The molecule has 7 rings (SSSR count). The largest absolute Gasteiger partial charge is 0.364 e. The fourth-order valence-electron chi connectivity index (χ4n) is 5.37. The number of likely N-dealkylation sites (tertiary alicyclic amines) is 1. The van der Waals surface area contributed by atoms with Gasteiger partial charge in [-0.15, -0.1) is 0 Å². The monoisotopic (exact) mass is 563 g/mol. The Hall–Kier alpha value is -5.23. The molecule has 6 heterocycles. The number of fused-ring (bicyclic) bond motifs is 1. The Balaban J connectivity index is 1.20. The Morgan fingerprint density at radius 1 is 1.02 bits per heavy atom. The zero-order chi connectivity index (χ0) is 28.5. The number of amides is 1. The summed E-state index contributed by atoms with van der Waals surface area (Å²) in [5.74, 6) is -0.209. The van der Waals surface area contributed by atoms with Gasteiger partial charge in [-0.25, -0.2) is 18.9 Å². The van der Waals surface area contributed by atoms with E-state index in [1.54, 1.807) is 53.6 Å². The van der Waals surface area contributed by atoms with Crippen molar-refractivity contribution in [2.24, 2.45) is 0 Å². The molecule has 1 aliphatic heterocycles. The third-order valence-electron chi connectivity index (χ3n) is 7.49. The number of imidazole rings is 2. The van der Waals surface area contributed by atoms with Gasteiger partial charge >= 0.3 is 0 Å². The average molecular weight is 564 g/mol.